The molecular formula is C17H20N2O2. The lowest BCUT2D eigenvalue weighted by Gasteiger charge is -2.19. The summed E-state index contributed by atoms with van der Waals surface area (Å²) >= 11 is 0. The van der Waals surface area contributed by atoms with Gasteiger partial charge in [0, 0.05) is 0 Å². The molecule has 110 valence electrons. The second kappa shape index (κ2) is 7.57. The van der Waals surface area contributed by atoms with Gasteiger partial charge in [-0.05, 0) is 17.5 Å². The van der Waals surface area contributed by atoms with Crippen LogP contribution in [0.4, 0.5) is 0 Å². The van der Waals surface area contributed by atoms with E-state index in [9.17, 15) is 9.90 Å². The molecule has 4 heteroatoms. The number of hydrogen-bond acceptors (Lipinski definition) is 3. The minimum Gasteiger partial charge on any atom is -0.394 e. The summed E-state index contributed by atoms with van der Waals surface area (Å²) < 4.78 is 0. The summed E-state index contributed by atoms with van der Waals surface area (Å²) in [4.78, 5) is 12.1. The van der Waals surface area contributed by atoms with Crippen molar-refractivity contribution >= 4 is 5.91 Å². The average Bonchev–Trinajstić information content (AvgIpc) is 2.54. The number of nitrogens with one attached hydrogen (secondary N) is 1. The number of benzene rings is 2. The summed E-state index contributed by atoms with van der Waals surface area (Å²) in [5.41, 5.74) is 7.81. The normalized spacial score (nSPS) is 13.4. The fraction of sp³-hybridized carbons (Fsp3) is 0.235. The van der Waals surface area contributed by atoms with Crippen molar-refractivity contribution in [2.75, 3.05) is 6.61 Å². The highest BCUT2D eigenvalue weighted by Gasteiger charge is 2.19. The lowest BCUT2D eigenvalue weighted by Crippen LogP contribution is -2.44. The molecule has 2 atom stereocenters. The molecule has 0 spiro atoms. The number of amides is 1. The fourth-order valence-corrected chi connectivity index (χ4v) is 2.16. The lowest BCUT2D eigenvalue weighted by molar-refractivity contribution is -0.123. The van der Waals surface area contributed by atoms with E-state index in [4.69, 9.17) is 5.73 Å². The molecule has 0 saturated carbocycles. The van der Waals surface area contributed by atoms with Crippen LogP contribution in [0.1, 0.15) is 17.2 Å². The second-order valence-corrected chi connectivity index (χ2v) is 4.95. The van der Waals surface area contributed by atoms with E-state index in [1.807, 2.05) is 60.7 Å². The van der Waals surface area contributed by atoms with Crippen LogP contribution in [0.3, 0.4) is 0 Å². The Morgan fingerprint density at radius 2 is 1.62 bits per heavy atom. The zero-order chi connectivity index (χ0) is 15.1. The third-order valence-electron chi connectivity index (χ3n) is 3.34. The summed E-state index contributed by atoms with van der Waals surface area (Å²) in [6, 6.07) is 17.9. The Morgan fingerprint density at radius 3 is 2.19 bits per heavy atom. The van der Waals surface area contributed by atoms with Gasteiger partial charge in [0.25, 0.3) is 0 Å². The predicted octanol–water partition coefficient (Wildman–Crippen LogP) is 1.41. The molecule has 0 bridgehead atoms. The molecule has 0 fully saturated rings. The number of aliphatic hydroxyl groups excluding tert-OH is 1. The summed E-state index contributed by atoms with van der Waals surface area (Å²) in [5, 5.41) is 12.2. The van der Waals surface area contributed by atoms with Crippen LogP contribution in [0.5, 0.6) is 0 Å². The zero-order valence-electron chi connectivity index (χ0n) is 11.8. The van der Waals surface area contributed by atoms with Crippen molar-refractivity contribution in [2.45, 2.75) is 18.5 Å². The van der Waals surface area contributed by atoms with E-state index in [2.05, 4.69) is 5.32 Å². The van der Waals surface area contributed by atoms with Gasteiger partial charge >= 0.3 is 0 Å². The summed E-state index contributed by atoms with van der Waals surface area (Å²) in [7, 11) is 0. The minimum absolute atomic E-state index is 0.159. The number of rotatable bonds is 6. The van der Waals surface area contributed by atoms with Crippen LogP contribution >= 0.6 is 0 Å². The summed E-state index contributed by atoms with van der Waals surface area (Å²) in [6.07, 6.45) is 0.472. The van der Waals surface area contributed by atoms with Gasteiger partial charge in [0.2, 0.25) is 5.91 Å². The molecule has 2 rings (SSSR count). The number of aliphatic hydroxyl groups is 1. The maximum atomic E-state index is 12.1. The quantitative estimate of drug-likeness (QED) is 0.750. The largest absolute Gasteiger partial charge is 0.394 e. The number of hydrogen-bond donors (Lipinski definition) is 3. The van der Waals surface area contributed by atoms with E-state index >= 15 is 0 Å². The molecule has 1 unspecified atom stereocenters. The van der Waals surface area contributed by atoms with E-state index < -0.39 is 12.1 Å². The van der Waals surface area contributed by atoms with Crippen molar-refractivity contribution in [1.29, 1.82) is 0 Å². The summed E-state index contributed by atoms with van der Waals surface area (Å²) in [5.74, 6) is -0.262. The average molecular weight is 284 g/mol. The third kappa shape index (κ3) is 4.41. The van der Waals surface area contributed by atoms with E-state index in [1.165, 1.54) is 0 Å². The smallest absolute Gasteiger partial charge is 0.237 e. The van der Waals surface area contributed by atoms with Crippen LogP contribution in [-0.4, -0.2) is 23.7 Å². The molecule has 2 aromatic carbocycles. The highest BCUT2D eigenvalue weighted by atomic mass is 16.3. The molecule has 0 aromatic heterocycles. The molecule has 0 aliphatic rings. The van der Waals surface area contributed by atoms with Gasteiger partial charge in [-0.1, -0.05) is 60.7 Å². The molecule has 0 saturated heterocycles. The minimum atomic E-state index is -0.634. The monoisotopic (exact) mass is 284 g/mol. The molecular weight excluding hydrogens is 264 g/mol. The van der Waals surface area contributed by atoms with Gasteiger partial charge in [-0.25, -0.2) is 0 Å². The molecule has 21 heavy (non-hydrogen) atoms. The predicted molar refractivity (Wildman–Crippen MR) is 82.5 cm³/mol. The second-order valence-electron chi connectivity index (χ2n) is 4.95. The fourth-order valence-electron chi connectivity index (χ4n) is 2.16. The first-order valence-corrected chi connectivity index (χ1v) is 6.96. The van der Waals surface area contributed by atoms with Crippen LogP contribution < -0.4 is 11.1 Å². The molecule has 4 N–H and O–H groups in total. The first-order valence-electron chi connectivity index (χ1n) is 6.96. The first kappa shape index (κ1) is 15.2. The Labute approximate surface area is 124 Å². The highest BCUT2D eigenvalue weighted by molar-refractivity contribution is 5.82. The van der Waals surface area contributed by atoms with Crippen molar-refractivity contribution in [3.8, 4) is 0 Å². The maximum absolute atomic E-state index is 12.1. The van der Waals surface area contributed by atoms with Gasteiger partial charge < -0.3 is 16.2 Å². The third-order valence-corrected chi connectivity index (χ3v) is 3.34. The Bertz CT molecular complexity index is 558. The van der Waals surface area contributed by atoms with Crippen LogP contribution in [0.2, 0.25) is 0 Å². The van der Waals surface area contributed by atoms with E-state index in [-0.39, 0.29) is 12.5 Å². The molecule has 4 nitrogen and oxygen atoms in total. The topological polar surface area (TPSA) is 75.4 Å². The van der Waals surface area contributed by atoms with Crippen LogP contribution in [0, 0.1) is 0 Å². The molecule has 0 aliphatic carbocycles. The van der Waals surface area contributed by atoms with E-state index in [1.54, 1.807) is 0 Å². The SMILES string of the molecule is N[C@@H](Cc1ccccc1)C(=O)NC(CO)c1ccccc1. The summed E-state index contributed by atoms with van der Waals surface area (Å²) in [6.45, 7) is -0.159. The lowest BCUT2D eigenvalue weighted by atomic mass is 10.0. The molecule has 1 amide bonds. The highest BCUT2D eigenvalue weighted by Crippen LogP contribution is 2.12. The maximum Gasteiger partial charge on any atom is 0.237 e. The van der Waals surface area contributed by atoms with E-state index in [0.29, 0.717) is 6.42 Å². The van der Waals surface area contributed by atoms with Crippen LogP contribution in [0.15, 0.2) is 60.7 Å². The molecule has 0 aliphatic heterocycles. The Morgan fingerprint density at radius 1 is 1.05 bits per heavy atom. The molecule has 2 aromatic rings. The number of nitrogens with two attached hydrogens (primary N) is 1. The van der Waals surface area contributed by atoms with Crippen LogP contribution in [-0.2, 0) is 11.2 Å². The van der Waals surface area contributed by atoms with Gasteiger partial charge in [-0.15, -0.1) is 0 Å². The Hall–Kier alpha value is -2.17. The van der Waals surface area contributed by atoms with Gasteiger partial charge in [-0.2, -0.15) is 0 Å². The van der Waals surface area contributed by atoms with Crippen molar-refractivity contribution < 1.29 is 9.90 Å². The number of carbonyl (C=O) groups is 1. The van der Waals surface area contributed by atoms with Crippen molar-refractivity contribution in [3.05, 3.63) is 71.8 Å². The first-order chi connectivity index (χ1) is 10.2. The van der Waals surface area contributed by atoms with Crippen molar-refractivity contribution in [3.63, 3.8) is 0 Å². The van der Waals surface area contributed by atoms with Crippen LogP contribution in [0.25, 0.3) is 0 Å². The van der Waals surface area contributed by atoms with Gasteiger partial charge in [0.15, 0.2) is 0 Å². The van der Waals surface area contributed by atoms with E-state index in [0.717, 1.165) is 11.1 Å². The molecule has 0 radical (unpaired) electrons. The van der Waals surface area contributed by atoms with Gasteiger partial charge in [0.1, 0.15) is 0 Å². The molecule has 0 heterocycles. The Balaban J connectivity index is 1.96. The zero-order valence-corrected chi connectivity index (χ0v) is 11.8. The van der Waals surface area contributed by atoms with Gasteiger partial charge in [-0.3, -0.25) is 4.79 Å². The standard InChI is InChI=1S/C17H20N2O2/c18-15(11-13-7-3-1-4-8-13)17(21)19-16(12-20)14-9-5-2-6-10-14/h1-10,15-16,20H,11-12,18H2,(H,19,21)/t15-,16?/m0/s1. The Kier molecular flexibility index (Phi) is 5.49. The van der Waals surface area contributed by atoms with Crippen molar-refractivity contribution in [2.24, 2.45) is 5.73 Å². The number of carbonyl (C=O) groups excluding carboxylic acids is 1. The van der Waals surface area contributed by atoms with Crippen molar-refractivity contribution in [1.82, 2.24) is 5.32 Å². The van der Waals surface area contributed by atoms with Gasteiger partial charge in [0.05, 0.1) is 18.7 Å².